The Morgan fingerprint density at radius 1 is 1.17 bits per heavy atom. The van der Waals surface area contributed by atoms with Crippen LogP contribution in [0.4, 0.5) is 0 Å². The predicted octanol–water partition coefficient (Wildman–Crippen LogP) is 2.93. The normalized spacial score (nSPS) is 29.3. The fourth-order valence-corrected chi connectivity index (χ4v) is 2.11. The van der Waals surface area contributed by atoms with E-state index in [2.05, 4.69) is 42.5 Å². The van der Waals surface area contributed by atoms with Crippen LogP contribution < -0.4 is 0 Å². The Morgan fingerprint density at radius 3 is 3.17 bits per heavy atom. The van der Waals surface area contributed by atoms with Crippen LogP contribution in [0.2, 0.25) is 0 Å². The van der Waals surface area contributed by atoms with Gasteiger partial charge in [0.15, 0.2) is 0 Å². The monoisotopic (exact) mass is 154 g/mol. The maximum absolute atomic E-state index is 2.29. The maximum Gasteiger partial charge on any atom is 0.0211 e. The Hall–Kier alpha value is -1.30. The molecule has 3 aliphatic rings. The summed E-state index contributed by atoms with van der Waals surface area (Å²) >= 11 is 0. The summed E-state index contributed by atoms with van der Waals surface area (Å²) in [7, 11) is 0. The summed E-state index contributed by atoms with van der Waals surface area (Å²) in [5.41, 5.74) is 4.44. The molecule has 0 heteroatoms. The first-order chi connectivity index (χ1) is 5.95. The van der Waals surface area contributed by atoms with Crippen LogP contribution in [0.5, 0.6) is 0 Å². The zero-order valence-electron chi connectivity index (χ0n) is 6.83. The second-order valence-electron chi connectivity index (χ2n) is 3.44. The molecule has 3 rings (SSSR count). The van der Waals surface area contributed by atoms with Gasteiger partial charge in [0.2, 0.25) is 0 Å². The van der Waals surface area contributed by atoms with Gasteiger partial charge in [-0.25, -0.2) is 0 Å². The van der Waals surface area contributed by atoms with Gasteiger partial charge in [-0.05, 0) is 23.1 Å². The average molecular weight is 154 g/mol. The molecule has 0 spiro atoms. The summed E-state index contributed by atoms with van der Waals surface area (Å²) in [5, 5.41) is 0. The van der Waals surface area contributed by atoms with Crippen LogP contribution in [0.15, 0.2) is 59.3 Å². The molecule has 3 aliphatic carbocycles. The van der Waals surface area contributed by atoms with Gasteiger partial charge in [-0.3, -0.25) is 0 Å². The first-order valence-electron chi connectivity index (χ1n) is 4.42. The fraction of sp³-hybridized carbons (Fsp3) is 0.167. The molecule has 0 amide bonds. The van der Waals surface area contributed by atoms with Gasteiger partial charge in [0, 0.05) is 5.92 Å². The summed E-state index contributed by atoms with van der Waals surface area (Å²) in [6.45, 7) is 0. The Balaban J connectivity index is 2.16. The van der Waals surface area contributed by atoms with Gasteiger partial charge in [-0.1, -0.05) is 42.5 Å². The lowest BCUT2D eigenvalue weighted by molar-refractivity contribution is 0.985. The molecule has 0 aromatic rings. The van der Waals surface area contributed by atoms with E-state index in [1.807, 2.05) is 0 Å². The van der Waals surface area contributed by atoms with Gasteiger partial charge >= 0.3 is 0 Å². The topological polar surface area (TPSA) is 0 Å². The van der Waals surface area contributed by atoms with E-state index in [4.69, 9.17) is 0 Å². The molecule has 0 heterocycles. The van der Waals surface area contributed by atoms with E-state index in [9.17, 15) is 0 Å². The van der Waals surface area contributed by atoms with Gasteiger partial charge in [-0.15, -0.1) is 0 Å². The molecule has 0 aromatic carbocycles. The highest BCUT2D eigenvalue weighted by molar-refractivity contribution is 5.60. The lowest BCUT2D eigenvalue weighted by Gasteiger charge is -2.16. The highest BCUT2D eigenvalue weighted by Gasteiger charge is 2.22. The largest absolute Gasteiger partial charge is 0.0795 e. The number of allylic oxidation sites excluding steroid dienone is 10. The smallest absolute Gasteiger partial charge is 0.0211 e. The Morgan fingerprint density at radius 2 is 2.17 bits per heavy atom. The van der Waals surface area contributed by atoms with Crippen molar-refractivity contribution in [1.82, 2.24) is 0 Å². The van der Waals surface area contributed by atoms with E-state index in [0.717, 1.165) is 6.42 Å². The highest BCUT2D eigenvalue weighted by atomic mass is 14.3. The molecule has 0 N–H and O–H groups in total. The Labute approximate surface area is 72.3 Å². The molecule has 1 atom stereocenters. The number of fused-ring (bicyclic) bond motifs is 2. The standard InChI is InChI=1S/C12H10/c1-3-9-7-8-10-4-2-6-12(10)11(9)5-1/h1-3,5-9H,4H2. The fourth-order valence-electron chi connectivity index (χ4n) is 2.11. The van der Waals surface area contributed by atoms with Crippen molar-refractivity contribution in [1.29, 1.82) is 0 Å². The Kier molecular flexibility index (Phi) is 1.09. The summed E-state index contributed by atoms with van der Waals surface area (Å²) in [4.78, 5) is 0. The second kappa shape index (κ2) is 2.10. The first-order valence-corrected chi connectivity index (χ1v) is 4.42. The van der Waals surface area contributed by atoms with Crippen molar-refractivity contribution in [2.24, 2.45) is 5.92 Å². The molecule has 0 aromatic heterocycles. The minimum Gasteiger partial charge on any atom is -0.0795 e. The summed E-state index contributed by atoms with van der Waals surface area (Å²) in [5.74, 6) is 0.562. The lowest BCUT2D eigenvalue weighted by atomic mass is 9.88. The van der Waals surface area contributed by atoms with Crippen LogP contribution in [0.3, 0.4) is 0 Å². The first kappa shape index (κ1) is 6.24. The molecule has 0 bridgehead atoms. The van der Waals surface area contributed by atoms with E-state index in [1.165, 1.54) is 16.7 Å². The van der Waals surface area contributed by atoms with E-state index in [-0.39, 0.29) is 0 Å². The van der Waals surface area contributed by atoms with Gasteiger partial charge in [0.25, 0.3) is 0 Å². The molecule has 0 saturated heterocycles. The number of hydrogen-bond acceptors (Lipinski definition) is 0. The number of hydrogen-bond donors (Lipinski definition) is 0. The van der Waals surface area contributed by atoms with Gasteiger partial charge < -0.3 is 0 Å². The van der Waals surface area contributed by atoms with Crippen LogP contribution in [0.1, 0.15) is 6.42 Å². The summed E-state index contributed by atoms with van der Waals surface area (Å²) < 4.78 is 0. The Bertz CT molecular complexity index is 373. The molecular formula is C12H10. The van der Waals surface area contributed by atoms with Gasteiger partial charge in [-0.2, -0.15) is 0 Å². The van der Waals surface area contributed by atoms with Crippen molar-refractivity contribution in [3.63, 3.8) is 0 Å². The zero-order chi connectivity index (χ0) is 7.97. The summed E-state index contributed by atoms with van der Waals surface area (Å²) in [6, 6.07) is 0. The van der Waals surface area contributed by atoms with E-state index in [1.54, 1.807) is 0 Å². The molecule has 0 saturated carbocycles. The zero-order valence-corrected chi connectivity index (χ0v) is 6.83. The average Bonchev–Trinajstić information content (AvgIpc) is 2.71. The van der Waals surface area contributed by atoms with Crippen LogP contribution in [-0.4, -0.2) is 0 Å². The third kappa shape index (κ3) is 0.672. The quantitative estimate of drug-likeness (QED) is 0.503. The molecule has 0 nitrogen and oxygen atoms in total. The van der Waals surface area contributed by atoms with E-state index >= 15 is 0 Å². The van der Waals surface area contributed by atoms with Crippen molar-refractivity contribution < 1.29 is 0 Å². The van der Waals surface area contributed by atoms with Crippen molar-refractivity contribution in [2.75, 3.05) is 0 Å². The molecule has 1 unspecified atom stereocenters. The van der Waals surface area contributed by atoms with Crippen molar-refractivity contribution >= 4 is 0 Å². The van der Waals surface area contributed by atoms with Crippen LogP contribution in [-0.2, 0) is 0 Å². The van der Waals surface area contributed by atoms with Gasteiger partial charge in [0.05, 0.1) is 0 Å². The molecule has 12 heavy (non-hydrogen) atoms. The minimum atomic E-state index is 0.562. The van der Waals surface area contributed by atoms with Crippen LogP contribution in [0.25, 0.3) is 0 Å². The van der Waals surface area contributed by atoms with Gasteiger partial charge in [0.1, 0.15) is 0 Å². The molecule has 0 fully saturated rings. The molecular weight excluding hydrogens is 144 g/mol. The summed E-state index contributed by atoms with van der Waals surface area (Å²) in [6.07, 6.45) is 16.8. The van der Waals surface area contributed by atoms with Crippen LogP contribution >= 0.6 is 0 Å². The SMILES string of the molecule is C1=CC2C=CC3=C(C=CC3)C2=C1. The lowest BCUT2D eigenvalue weighted by Crippen LogP contribution is -2.01. The second-order valence-corrected chi connectivity index (χ2v) is 3.44. The van der Waals surface area contributed by atoms with Crippen molar-refractivity contribution in [3.8, 4) is 0 Å². The molecule has 58 valence electrons. The maximum atomic E-state index is 2.29. The highest BCUT2D eigenvalue weighted by Crippen LogP contribution is 2.38. The van der Waals surface area contributed by atoms with E-state index < -0.39 is 0 Å². The van der Waals surface area contributed by atoms with Crippen molar-refractivity contribution in [3.05, 3.63) is 59.3 Å². The van der Waals surface area contributed by atoms with Crippen LogP contribution in [0, 0.1) is 5.92 Å². The minimum absolute atomic E-state index is 0.562. The molecule has 0 aliphatic heterocycles. The third-order valence-corrected chi connectivity index (χ3v) is 2.74. The third-order valence-electron chi connectivity index (χ3n) is 2.74. The van der Waals surface area contributed by atoms with E-state index in [0.29, 0.717) is 5.92 Å². The van der Waals surface area contributed by atoms with Crippen molar-refractivity contribution in [2.45, 2.75) is 6.42 Å². The number of rotatable bonds is 0. The predicted molar refractivity (Wildman–Crippen MR) is 50.6 cm³/mol. The molecule has 0 radical (unpaired) electrons.